The third-order valence-corrected chi connectivity index (χ3v) is 3.22. The van der Waals surface area contributed by atoms with E-state index in [1.165, 1.54) is 0 Å². The number of hydrogen-bond acceptors (Lipinski definition) is 4. The number of thiazole rings is 1. The Morgan fingerprint density at radius 1 is 1.50 bits per heavy atom. The van der Waals surface area contributed by atoms with Gasteiger partial charge < -0.3 is 5.73 Å². The molecule has 0 spiro atoms. The highest BCUT2D eigenvalue weighted by molar-refractivity contribution is 7.15. The zero-order valence-corrected chi connectivity index (χ0v) is 9.61. The molecule has 0 aliphatic rings. The second-order valence-electron chi connectivity index (χ2n) is 3.60. The predicted molar refractivity (Wildman–Crippen MR) is 62.8 cm³/mol. The van der Waals surface area contributed by atoms with Gasteiger partial charge in [0.2, 0.25) is 0 Å². The minimum absolute atomic E-state index is 0.451. The summed E-state index contributed by atoms with van der Waals surface area (Å²) < 4.78 is 3.79. The number of nitrogens with zero attached hydrogens (tertiary/aromatic N) is 4. The van der Waals surface area contributed by atoms with Crippen molar-refractivity contribution in [2.24, 2.45) is 5.73 Å². The van der Waals surface area contributed by atoms with Gasteiger partial charge in [0.1, 0.15) is 0 Å². The first-order chi connectivity index (χ1) is 7.79. The van der Waals surface area contributed by atoms with E-state index in [1.807, 2.05) is 35.3 Å². The minimum Gasteiger partial charge on any atom is -0.325 e. The third kappa shape index (κ3) is 1.27. The molecule has 0 radical (unpaired) electrons. The van der Waals surface area contributed by atoms with Crippen molar-refractivity contribution in [3.8, 4) is 5.82 Å². The molecule has 3 rings (SSSR count). The highest BCUT2D eigenvalue weighted by Crippen LogP contribution is 2.19. The first kappa shape index (κ1) is 9.56. The summed E-state index contributed by atoms with van der Waals surface area (Å²) in [5, 5.41) is 6.26. The van der Waals surface area contributed by atoms with Gasteiger partial charge in [0, 0.05) is 24.3 Å². The molecule has 0 fully saturated rings. The maximum absolute atomic E-state index is 5.77. The van der Waals surface area contributed by atoms with Gasteiger partial charge in [0.05, 0.1) is 11.9 Å². The van der Waals surface area contributed by atoms with Crippen LogP contribution in [0.1, 0.15) is 11.3 Å². The molecule has 3 aromatic heterocycles. The van der Waals surface area contributed by atoms with E-state index in [0.717, 1.165) is 22.0 Å². The molecule has 0 unspecified atom stereocenters. The predicted octanol–water partition coefficient (Wildman–Crippen LogP) is 1.35. The summed E-state index contributed by atoms with van der Waals surface area (Å²) in [6.45, 7) is 2.45. The van der Waals surface area contributed by atoms with Crippen LogP contribution in [-0.2, 0) is 6.54 Å². The summed E-state index contributed by atoms with van der Waals surface area (Å²) in [6.07, 6.45) is 5.74. The molecular weight excluding hydrogens is 222 g/mol. The second kappa shape index (κ2) is 3.43. The third-order valence-electron chi connectivity index (χ3n) is 2.46. The minimum atomic E-state index is 0.451. The second-order valence-corrected chi connectivity index (χ2v) is 4.48. The average Bonchev–Trinajstić information content (AvgIpc) is 2.90. The van der Waals surface area contributed by atoms with Crippen LogP contribution in [0, 0.1) is 6.92 Å². The van der Waals surface area contributed by atoms with Crippen molar-refractivity contribution >= 4 is 16.3 Å². The fourth-order valence-corrected chi connectivity index (χ4v) is 2.45. The van der Waals surface area contributed by atoms with Crippen LogP contribution in [0.4, 0.5) is 0 Å². The van der Waals surface area contributed by atoms with E-state index in [0.29, 0.717) is 6.54 Å². The average molecular weight is 233 g/mol. The monoisotopic (exact) mass is 233 g/mol. The highest BCUT2D eigenvalue weighted by Gasteiger charge is 2.13. The molecule has 0 aliphatic carbocycles. The fourth-order valence-electron chi connectivity index (χ4n) is 1.72. The van der Waals surface area contributed by atoms with E-state index in [1.54, 1.807) is 16.0 Å². The molecule has 0 aliphatic heterocycles. The Morgan fingerprint density at radius 2 is 2.38 bits per heavy atom. The summed E-state index contributed by atoms with van der Waals surface area (Å²) in [4.78, 5) is 5.48. The van der Waals surface area contributed by atoms with E-state index in [2.05, 4.69) is 10.1 Å². The molecule has 6 heteroatoms. The summed E-state index contributed by atoms with van der Waals surface area (Å²) in [7, 11) is 0. The first-order valence-electron chi connectivity index (χ1n) is 4.95. The number of imidazole rings is 1. The Morgan fingerprint density at radius 3 is 3.06 bits per heavy atom. The van der Waals surface area contributed by atoms with Gasteiger partial charge >= 0.3 is 0 Å². The van der Waals surface area contributed by atoms with Gasteiger partial charge in [-0.3, -0.25) is 4.40 Å². The van der Waals surface area contributed by atoms with E-state index < -0.39 is 0 Å². The number of rotatable bonds is 2. The number of nitrogens with two attached hydrogens (primary N) is 1. The van der Waals surface area contributed by atoms with Gasteiger partial charge in [-0.1, -0.05) is 0 Å². The number of aromatic nitrogens is 4. The number of aryl methyl sites for hydroxylation is 1. The van der Waals surface area contributed by atoms with Crippen molar-refractivity contribution in [3.05, 3.63) is 35.2 Å². The van der Waals surface area contributed by atoms with Gasteiger partial charge in [-0.25, -0.2) is 4.68 Å². The Bertz CT molecular complexity index is 633. The van der Waals surface area contributed by atoms with Crippen LogP contribution in [0.25, 0.3) is 10.8 Å². The molecule has 5 nitrogen and oxygen atoms in total. The van der Waals surface area contributed by atoms with Gasteiger partial charge in [0.25, 0.3) is 0 Å². The van der Waals surface area contributed by atoms with Crippen molar-refractivity contribution < 1.29 is 0 Å². The molecule has 3 aromatic rings. The van der Waals surface area contributed by atoms with Crippen LogP contribution in [0.2, 0.25) is 0 Å². The molecule has 2 N–H and O–H groups in total. The quantitative estimate of drug-likeness (QED) is 0.726. The van der Waals surface area contributed by atoms with E-state index in [-0.39, 0.29) is 0 Å². The van der Waals surface area contributed by atoms with Crippen molar-refractivity contribution in [2.75, 3.05) is 0 Å². The van der Waals surface area contributed by atoms with Gasteiger partial charge in [-0.05, 0) is 12.5 Å². The fraction of sp³-hybridized carbons (Fsp3) is 0.200. The lowest BCUT2D eigenvalue weighted by molar-refractivity contribution is 0.825. The largest absolute Gasteiger partial charge is 0.325 e. The Balaban J connectivity index is 2.26. The van der Waals surface area contributed by atoms with Crippen LogP contribution in [0.3, 0.4) is 0 Å². The SMILES string of the molecule is Cc1cnn(-c2nc3sccn3c2CN)c1. The van der Waals surface area contributed by atoms with E-state index >= 15 is 0 Å². The number of hydrogen-bond donors (Lipinski definition) is 1. The lowest BCUT2D eigenvalue weighted by atomic mass is 10.4. The lowest BCUT2D eigenvalue weighted by Crippen LogP contribution is -2.06. The van der Waals surface area contributed by atoms with E-state index in [9.17, 15) is 0 Å². The summed E-state index contributed by atoms with van der Waals surface area (Å²) in [5.41, 5.74) is 7.86. The zero-order chi connectivity index (χ0) is 11.1. The molecule has 82 valence electrons. The standard InChI is InChI=1S/C10H11N5S/c1-7-5-12-15(6-7)9-8(4-11)14-2-3-16-10(14)13-9/h2-3,5-6H,4,11H2,1H3. The number of fused-ring (bicyclic) bond motifs is 1. The van der Waals surface area contributed by atoms with Crippen LogP contribution < -0.4 is 5.73 Å². The Kier molecular flexibility index (Phi) is 2.05. The summed E-state index contributed by atoms with van der Waals surface area (Å²) in [5.74, 6) is 0.822. The highest BCUT2D eigenvalue weighted by atomic mass is 32.1. The van der Waals surface area contributed by atoms with Crippen LogP contribution in [0.15, 0.2) is 24.0 Å². The zero-order valence-electron chi connectivity index (χ0n) is 8.79. The van der Waals surface area contributed by atoms with Crippen molar-refractivity contribution in [2.45, 2.75) is 13.5 Å². The molecule has 0 saturated heterocycles. The molecule has 0 aromatic carbocycles. The van der Waals surface area contributed by atoms with Crippen molar-refractivity contribution in [1.82, 2.24) is 19.2 Å². The first-order valence-corrected chi connectivity index (χ1v) is 5.83. The summed E-state index contributed by atoms with van der Waals surface area (Å²) in [6, 6.07) is 0. The van der Waals surface area contributed by atoms with Crippen molar-refractivity contribution in [3.63, 3.8) is 0 Å². The van der Waals surface area contributed by atoms with Gasteiger partial charge in [0.15, 0.2) is 10.8 Å². The molecular formula is C10H11N5S. The smallest absolute Gasteiger partial charge is 0.196 e. The van der Waals surface area contributed by atoms with Crippen LogP contribution >= 0.6 is 11.3 Å². The molecule has 0 atom stereocenters. The molecule has 16 heavy (non-hydrogen) atoms. The molecule has 0 bridgehead atoms. The van der Waals surface area contributed by atoms with Gasteiger partial charge in [-0.2, -0.15) is 10.1 Å². The summed E-state index contributed by atoms with van der Waals surface area (Å²) >= 11 is 1.59. The Hall–Kier alpha value is -1.66. The maximum Gasteiger partial charge on any atom is 0.196 e. The Labute approximate surface area is 96.1 Å². The van der Waals surface area contributed by atoms with Gasteiger partial charge in [-0.15, -0.1) is 11.3 Å². The van der Waals surface area contributed by atoms with Crippen molar-refractivity contribution in [1.29, 1.82) is 0 Å². The molecule has 3 heterocycles. The molecule has 0 amide bonds. The lowest BCUT2D eigenvalue weighted by Gasteiger charge is -2.00. The topological polar surface area (TPSA) is 61.1 Å². The van der Waals surface area contributed by atoms with Crippen LogP contribution in [0.5, 0.6) is 0 Å². The maximum atomic E-state index is 5.77. The molecule has 0 saturated carbocycles. The van der Waals surface area contributed by atoms with E-state index in [4.69, 9.17) is 5.73 Å². The normalized spacial score (nSPS) is 11.4. The van der Waals surface area contributed by atoms with Crippen LogP contribution in [-0.4, -0.2) is 19.2 Å².